The van der Waals surface area contributed by atoms with E-state index >= 15 is 0 Å². The SMILES string of the molecule is C=CCC(C=C)c1ccc(N)cc1. The van der Waals surface area contributed by atoms with Crippen molar-refractivity contribution in [3.63, 3.8) is 0 Å². The van der Waals surface area contributed by atoms with Crippen LogP contribution in [0, 0.1) is 0 Å². The summed E-state index contributed by atoms with van der Waals surface area (Å²) in [5, 5.41) is 0. The van der Waals surface area contributed by atoms with E-state index in [0.29, 0.717) is 5.92 Å². The van der Waals surface area contributed by atoms with Crippen molar-refractivity contribution >= 4 is 5.69 Å². The van der Waals surface area contributed by atoms with Gasteiger partial charge < -0.3 is 5.73 Å². The highest BCUT2D eigenvalue weighted by Gasteiger charge is 2.03. The maximum Gasteiger partial charge on any atom is 0.0314 e. The first-order valence-electron chi connectivity index (χ1n) is 4.37. The molecule has 13 heavy (non-hydrogen) atoms. The lowest BCUT2D eigenvalue weighted by Gasteiger charge is -2.09. The molecule has 1 atom stereocenters. The van der Waals surface area contributed by atoms with Crippen LogP contribution in [0.2, 0.25) is 0 Å². The van der Waals surface area contributed by atoms with Gasteiger partial charge in [-0.1, -0.05) is 24.3 Å². The number of anilines is 1. The first-order chi connectivity index (χ1) is 6.27. The molecule has 0 aliphatic rings. The van der Waals surface area contributed by atoms with Gasteiger partial charge in [-0.05, 0) is 24.1 Å². The molecular weight excluding hydrogens is 158 g/mol. The molecule has 0 aliphatic carbocycles. The molecule has 0 aromatic heterocycles. The van der Waals surface area contributed by atoms with Gasteiger partial charge in [0.1, 0.15) is 0 Å². The number of benzene rings is 1. The summed E-state index contributed by atoms with van der Waals surface area (Å²) in [6, 6.07) is 7.89. The van der Waals surface area contributed by atoms with E-state index in [1.807, 2.05) is 36.4 Å². The molecule has 68 valence electrons. The fourth-order valence-corrected chi connectivity index (χ4v) is 1.29. The van der Waals surface area contributed by atoms with Gasteiger partial charge in [-0.3, -0.25) is 0 Å². The molecule has 0 fully saturated rings. The summed E-state index contributed by atoms with van der Waals surface area (Å²) in [6.07, 6.45) is 4.77. The van der Waals surface area contributed by atoms with Gasteiger partial charge in [-0.25, -0.2) is 0 Å². The van der Waals surface area contributed by atoms with Gasteiger partial charge in [0.05, 0.1) is 0 Å². The lowest BCUT2D eigenvalue weighted by Crippen LogP contribution is -1.93. The van der Waals surface area contributed by atoms with Crippen molar-refractivity contribution in [2.45, 2.75) is 12.3 Å². The Morgan fingerprint density at radius 1 is 1.23 bits per heavy atom. The van der Waals surface area contributed by atoms with Crippen LogP contribution < -0.4 is 5.73 Å². The van der Waals surface area contributed by atoms with Crippen LogP contribution in [0.5, 0.6) is 0 Å². The van der Waals surface area contributed by atoms with Gasteiger partial charge in [-0.2, -0.15) is 0 Å². The largest absolute Gasteiger partial charge is 0.399 e. The minimum absolute atomic E-state index is 0.359. The lowest BCUT2D eigenvalue weighted by molar-refractivity contribution is 0.868. The maximum atomic E-state index is 5.60. The van der Waals surface area contributed by atoms with Crippen molar-refractivity contribution in [2.24, 2.45) is 0 Å². The summed E-state index contributed by atoms with van der Waals surface area (Å²) in [6.45, 7) is 7.52. The Balaban J connectivity index is 2.84. The fraction of sp³-hybridized carbons (Fsp3) is 0.167. The Bertz CT molecular complexity index is 284. The van der Waals surface area contributed by atoms with Crippen LogP contribution in [0.1, 0.15) is 17.9 Å². The van der Waals surface area contributed by atoms with Crippen molar-refractivity contribution in [1.29, 1.82) is 0 Å². The predicted molar refractivity (Wildman–Crippen MR) is 58.6 cm³/mol. The summed E-state index contributed by atoms with van der Waals surface area (Å²) in [5.41, 5.74) is 7.63. The second-order valence-electron chi connectivity index (χ2n) is 3.03. The Morgan fingerprint density at radius 2 is 1.85 bits per heavy atom. The molecule has 1 nitrogen and oxygen atoms in total. The highest BCUT2D eigenvalue weighted by Crippen LogP contribution is 2.21. The van der Waals surface area contributed by atoms with E-state index in [1.54, 1.807) is 0 Å². The number of allylic oxidation sites excluding steroid dienone is 2. The average Bonchev–Trinajstić information content (AvgIpc) is 2.16. The molecule has 0 saturated heterocycles. The molecule has 1 heteroatoms. The monoisotopic (exact) mass is 173 g/mol. The van der Waals surface area contributed by atoms with E-state index in [0.717, 1.165) is 12.1 Å². The molecule has 0 amide bonds. The minimum Gasteiger partial charge on any atom is -0.399 e. The summed E-state index contributed by atoms with van der Waals surface area (Å²) >= 11 is 0. The van der Waals surface area contributed by atoms with Crippen LogP contribution in [0.15, 0.2) is 49.6 Å². The second kappa shape index (κ2) is 4.51. The molecule has 0 saturated carbocycles. The van der Waals surface area contributed by atoms with Crippen LogP contribution in [0.4, 0.5) is 5.69 Å². The second-order valence-corrected chi connectivity index (χ2v) is 3.03. The Kier molecular flexibility index (Phi) is 3.32. The third-order valence-electron chi connectivity index (χ3n) is 2.07. The van der Waals surface area contributed by atoms with E-state index in [1.165, 1.54) is 5.56 Å². The minimum atomic E-state index is 0.359. The van der Waals surface area contributed by atoms with Gasteiger partial charge in [0.15, 0.2) is 0 Å². The molecular formula is C12H15N. The van der Waals surface area contributed by atoms with Crippen molar-refractivity contribution in [3.8, 4) is 0 Å². The smallest absolute Gasteiger partial charge is 0.0314 e. The van der Waals surface area contributed by atoms with E-state index in [9.17, 15) is 0 Å². The van der Waals surface area contributed by atoms with Crippen LogP contribution in [0.3, 0.4) is 0 Å². The molecule has 0 heterocycles. The van der Waals surface area contributed by atoms with Crippen molar-refractivity contribution in [1.82, 2.24) is 0 Å². The first-order valence-corrected chi connectivity index (χ1v) is 4.37. The first kappa shape index (κ1) is 9.59. The summed E-state index contributed by atoms with van der Waals surface area (Å²) in [4.78, 5) is 0. The van der Waals surface area contributed by atoms with Crippen LogP contribution in [-0.2, 0) is 0 Å². The van der Waals surface area contributed by atoms with Crippen LogP contribution in [-0.4, -0.2) is 0 Å². The third-order valence-corrected chi connectivity index (χ3v) is 2.07. The zero-order chi connectivity index (χ0) is 9.68. The number of nitrogens with two attached hydrogens (primary N) is 1. The van der Waals surface area contributed by atoms with Gasteiger partial charge in [0.25, 0.3) is 0 Å². The van der Waals surface area contributed by atoms with E-state index in [4.69, 9.17) is 5.73 Å². The Labute approximate surface area is 79.6 Å². The maximum absolute atomic E-state index is 5.60. The normalized spacial score (nSPS) is 12.0. The standard InChI is InChI=1S/C12H15N/c1-3-5-10(4-2)11-6-8-12(13)9-7-11/h3-4,6-10H,1-2,5,13H2. The number of nitrogen functional groups attached to an aromatic ring is 1. The van der Waals surface area contributed by atoms with E-state index < -0.39 is 0 Å². The topological polar surface area (TPSA) is 26.0 Å². The molecule has 1 rings (SSSR count). The van der Waals surface area contributed by atoms with Gasteiger partial charge in [-0.15, -0.1) is 13.2 Å². The molecule has 0 bridgehead atoms. The van der Waals surface area contributed by atoms with E-state index in [-0.39, 0.29) is 0 Å². The summed E-state index contributed by atoms with van der Waals surface area (Å²) in [5.74, 6) is 0.359. The number of rotatable bonds is 4. The lowest BCUT2D eigenvalue weighted by atomic mass is 9.96. The summed E-state index contributed by atoms with van der Waals surface area (Å²) < 4.78 is 0. The quantitative estimate of drug-likeness (QED) is 0.549. The predicted octanol–water partition coefficient (Wildman–Crippen LogP) is 3.11. The molecule has 1 aromatic rings. The average molecular weight is 173 g/mol. The van der Waals surface area contributed by atoms with Crippen molar-refractivity contribution in [2.75, 3.05) is 5.73 Å². The van der Waals surface area contributed by atoms with Crippen LogP contribution in [0.25, 0.3) is 0 Å². The van der Waals surface area contributed by atoms with Crippen molar-refractivity contribution < 1.29 is 0 Å². The Morgan fingerprint density at radius 3 is 2.31 bits per heavy atom. The molecule has 0 aliphatic heterocycles. The highest BCUT2D eigenvalue weighted by atomic mass is 14.5. The van der Waals surface area contributed by atoms with Gasteiger partial charge in [0, 0.05) is 11.6 Å². The fourth-order valence-electron chi connectivity index (χ4n) is 1.29. The molecule has 0 spiro atoms. The molecule has 0 radical (unpaired) electrons. The molecule has 1 unspecified atom stereocenters. The third kappa shape index (κ3) is 2.48. The zero-order valence-electron chi connectivity index (χ0n) is 7.74. The zero-order valence-corrected chi connectivity index (χ0v) is 7.74. The number of hydrogen-bond acceptors (Lipinski definition) is 1. The number of hydrogen-bond donors (Lipinski definition) is 1. The highest BCUT2D eigenvalue weighted by molar-refractivity contribution is 5.41. The Hall–Kier alpha value is -1.50. The molecule has 2 N–H and O–H groups in total. The van der Waals surface area contributed by atoms with Crippen LogP contribution >= 0.6 is 0 Å². The van der Waals surface area contributed by atoms with E-state index in [2.05, 4.69) is 13.2 Å². The van der Waals surface area contributed by atoms with Gasteiger partial charge >= 0.3 is 0 Å². The summed E-state index contributed by atoms with van der Waals surface area (Å²) in [7, 11) is 0. The van der Waals surface area contributed by atoms with Crippen molar-refractivity contribution in [3.05, 3.63) is 55.1 Å². The molecule has 1 aromatic carbocycles. The van der Waals surface area contributed by atoms with Gasteiger partial charge in [0.2, 0.25) is 0 Å².